The van der Waals surface area contributed by atoms with Crippen LogP contribution in [0, 0.1) is 0 Å². The molecule has 1 N–H and O–H groups in total. The monoisotopic (exact) mass is 419 g/mol. The first-order chi connectivity index (χ1) is 9.97. The Bertz CT molecular complexity index is 542. The molecule has 0 atom stereocenters. The maximum absolute atomic E-state index is 12.5. The van der Waals surface area contributed by atoms with Gasteiger partial charge < -0.3 is 14.7 Å². The highest BCUT2D eigenvalue weighted by Gasteiger charge is 2.25. The van der Waals surface area contributed by atoms with Crippen molar-refractivity contribution in [1.29, 1.82) is 0 Å². The van der Waals surface area contributed by atoms with Gasteiger partial charge in [-0.05, 0) is 47.0 Å². The molecule has 1 aliphatic heterocycles. The Morgan fingerprint density at radius 1 is 1.29 bits per heavy atom. The van der Waals surface area contributed by atoms with Gasteiger partial charge in [0.25, 0.3) is 5.91 Å². The molecule has 0 unspecified atom stereocenters. The van der Waals surface area contributed by atoms with Gasteiger partial charge in [-0.15, -0.1) is 0 Å². The molecule has 1 aromatic carbocycles. The Morgan fingerprint density at radius 3 is 2.57 bits per heavy atom. The van der Waals surface area contributed by atoms with Crippen molar-refractivity contribution in [2.75, 3.05) is 19.7 Å². The number of halogens is 2. The van der Waals surface area contributed by atoms with Crippen LogP contribution in [0.2, 0.25) is 0 Å². The van der Waals surface area contributed by atoms with Crippen molar-refractivity contribution in [2.24, 2.45) is 0 Å². The number of carbonyl (C=O) groups excluding carboxylic acids is 1. The zero-order valence-corrected chi connectivity index (χ0v) is 14.4. The summed E-state index contributed by atoms with van der Waals surface area (Å²) in [6.45, 7) is 0.861. The molecule has 1 fully saturated rings. The molecule has 1 aromatic rings. The lowest BCUT2D eigenvalue weighted by Gasteiger charge is -2.32. The minimum atomic E-state index is -0.966. The number of carboxylic acid groups (broad SMARTS) is 1. The summed E-state index contributed by atoms with van der Waals surface area (Å²) in [5.74, 6) is -0.994. The number of aliphatic carboxylic acids is 1. The molecule has 1 saturated heterocycles. The van der Waals surface area contributed by atoms with E-state index in [1.807, 2.05) is 12.1 Å². The summed E-state index contributed by atoms with van der Waals surface area (Å²) in [6.07, 6.45) is 1.23. The first kappa shape index (κ1) is 16.5. The number of piperidine rings is 1. The molecule has 5 nitrogen and oxygen atoms in total. The molecule has 1 amide bonds. The molecule has 21 heavy (non-hydrogen) atoms. The summed E-state index contributed by atoms with van der Waals surface area (Å²) in [4.78, 5) is 24.7. The van der Waals surface area contributed by atoms with E-state index in [0.717, 1.165) is 8.95 Å². The molecular formula is C14H15Br2NO4. The topological polar surface area (TPSA) is 66.8 Å². The maximum atomic E-state index is 12.5. The van der Waals surface area contributed by atoms with E-state index in [4.69, 9.17) is 9.84 Å². The van der Waals surface area contributed by atoms with Gasteiger partial charge in [-0.25, -0.2) is 4.79 Å². The third-order valence-corrected chi connectivity index (χ3v) is 4.52. The van der Waals surface area contributed by atoms with Gasteiger partial charge in [-0.3, -0.25) is 4.79 Å². The number of hydrogen-bond acceptors (Lipinski definition) is 3. The Labute approximate surface area is 139 Å². The Kier molecular flexibility index (Phi) is 5.78. The molecule has 0 spiro atoms. The maximum Gasteiger partial charge on any atom is 0.329 e. The van der Waals surface area contributed by atoms with Gasteiger partial charge in [0.2, 0.25) is 0 Å². The lowest BCUT2D eigenvalue weighted by molar-refractivity contribution is -0.145. The molecule has 114 valence electrons. The number of likely N-dealkylation sites (tertiary alicyclic amines) is 1. The van der Waals surface area contributed by atoms with E-state index in [0.29, 0.717) is 31.5 Å². The fraction of sp³-hybridized carbons (Fsp3) is 0.429. The number of rotatable bonds is 4. The summed E-state index contributed by atoms with van der Waals surface area (Å²) in [6, 6.07) is 5.49. The normalized spacial score (nSPS) is 16.0. The molecule has 0 saturated carbocycles. The summed E-state index contributed by atoms with van der Waals surface area (Å²) in [5.41, 5.74) is 0.620. The number of benzene rings is 1. The highest BCUT2D eigenvalue weighted by atomic mass is 79.9. The summed E-state index contributed by atoms with van der Waals surface area (Å²) in [5, 5.41) is 8.59. The predicted octanol–water partition coefficient (Wildman–Crippen LogP) is 2.92. The van der Waals surface area contributed by atoms with Gasteiger partial charge in [0, 0.05) is 22.0 Å². The lowest BCUT2D eigenvalue weighted by atomic mass is 10.1. The van der Waals surface area contributed by atoms with Crippen LogP contribution in [0.1, 0.15) is 23.2 Å². The third kappa shape index (κ3) is 4.52. The average molecular weight is 421 g/mol. The van der Waals surface area contributed by atoms with Crippen molar-refractivity contribution in [3.63, 3.8) is 0 Å². The van der Waals surface area contributed by atoms with Crippen LogP contribution in [0.15, 0.2) is 27.1 Å². The minimum absolute atomic E-state index is 0.0279. The van der Waals surface area contributed by atoms with E-state index < -0.39 is 5.97 Å². The minimum Gasteiger partial charge on any atom is -0.480 e. The number of nitrogens with zero attached hydrogens (tertiary/aromatic N) is 1. The molecular weight excluding hydrogens is 406 g/mol. The molecule has 0 bridgehead atoms. The van der Waals surface area contributed by atoms with Gasteiger partial charge in [0.1, 0.15) is 6.61 Å². The number of carboxylic acids is 1. The van der Waals surface area contributed by atoms with E-state index >= 15 is 0 Å². The van der Waals surface area contributed by atoms with Gasteiger partial charge in [0.15, 0.2) is 0 Å². The molecule has 0 aliphatic carbocycles. The van der Waals surface area contributed by atoms with Crippen molar-refractivity contribution in [1.82, 2.24) is 4.90 Å². The van der Waals surface area contributed by atoms with E-state index in [1.54, 1.807) is 11.0 Å². The van der Waals surface area contributed by atoms with Gasteiger partial charge in [-0.1, -0.05) is 15.9 Å². The van der Waals surface area contributed by atoms with Crippen molar-refractivity contribution in [3.05, 3.63) is 32.7 Å². The van der Waals surface area contributed by atoms with Crippen molar-refractivity contribution >= 4 is 43.7 Å². The third-order valence-electron chi connectivity index (χ3n) is 3.33. The summed E-state index contributed by atoms with van der Waals surface area (Å²) >= 11 is 6.76. The zero-order chi connectivity index (χ0) is 15.4. The fourth-order valence-electron chi connectivity index (χ4n) is 2.25. The quantitative estimate of drug-likeness (QED) is 0.813. The molecule has 7 heteroatoms. The van der Waals surface area contributed by atoms with Crippen LogP contribution >= 0.6 is 31.9 Å². The number of amides is 1. The highest BCUT2D eigenvalue weighted by Crippen LogP contribution is 2.24. The molecule has 0 radical (unpaired) electrons. The van der Waals surface area contributed by atoms with Crippen LogP contribution in [0.4, 0.5) is 0 Å². The Morgan fingerprint density at radius 2 is 1.95 bits per heavy atom. The first-order valence-electron chi connectivity index (χ1n) is 6.55. The van der Waals surface area contributed by atoms with Crippen molar-refractivity contribution in [3.8, 4) is 0 Å². The second-order valence-corrected chi connectivity index (χ2v) is 6.59. The molecule has 2 rings (SSSR count). The van der Waals surface area contributed by atoms with Gasteiger partial charge in [-0.2, -0.15) is 0 Å². The van der Waals surface area contributed by atoms with Crippen LogP contribution in [-0.4, -0.2) is 47.7 Å². The average Bonchev–Trinajstić information content (AvgIpc) is 2.47. The second kappa shape index (κ2) is 7.38. The zero-order valence-electron chi connectivity index (χ0n) is 11.2. The van der Waals surface area contributed by atoms with Crippen LogP contribution < -0.4 is 0 Å². The SMILES string of the molecule is O=C(O)COC1CCN(C(=O)c2cc(Br)ccc2Br)CC1. The van der Waals surface area contributed by atoms with E-state index in [9.17, 15) is 9.59 Å². The Balaban J connectivity index is 1.94. The molecule has 0 aromatic heterocycles. The van der Waals surface area contributed by atoms with Crippen LogP contribution in [0.5, 0.6) is 0 Å². The molecule has 1 aliphatic rings. The highest BCUT2D eigenvalue weighted by molar-refractivity contribution is 9.11. The summed E-state index contributed by atoms with van der Waals surface area (Å²) < 4.78 is 6.89. The fourth-order valence-corrected chi connectivity index (χ4v) is 3.02. The van der Waals surface area contributed by atoms with E-state index in [-0.39, 0.29) is 18.6 Å². The Hall–Kier alpha value is -0.920. The van der Waals surface area contributed by atoms with Crippen molar-refractivity contribution in [2.45, 2.75) is 18.9 Å². The second-order valence-electron chi connectivity index (χ2n) is 4.82. The van der Waals surface area contributed by atoms with E-state index in [2.05, 4.69) is 31.9 Å². The number of ether oxygens (including phenoxy) is 1. The van der Waals surface area contributed by atoms with E-state index in [1.165, 1.54) is 0 Å². The number of hydrogen-bond donors (Lipinski definition) is 1. The van der Waals surface area contributed by atoms with Gasteiger partial charge >= 0.3 is 5.97 Å². The van der Waals surface area contributed by atoms with Crippen molar-refractivity contribution < 1.29 is 19.4 Å². The van der Waals surface area contributed by atoms with Crippen LogP contribution in [-0.2, 0) is 9.53 Å². The predicted molar refractivity (Wildman–Crippen MR) is 84.4 cm³/mol. The van der Waals surface area contributed by atoms with Crippen LogP contribution in [0.3, 0.4) is 0 Å². The smallest absolute Gasteiger partial charge is 0.329 e. The standard InChI is InChI=1S/C14H15Br2NO4/c15-9-1-2-12(16)11(7-9)14(20)17-5-3-10(4-6-17)21-8-13(18)19/h1-2,7,10H,3-6,8H2,(H,18,19). The van der Waals surface area contributed by atoms with Crippen LogP contribution in [0.25, 0.3) is 0 Å². The first-order valence-corrected chi connectivity index (χ1v) is 8.13. The largest absolute Gasteiger partial charge is 0.480 e. The van der Waals surface area contributed by atoms with Gasteiger partial charge in [0.05, 0.1) is 11.7 Å². The number of carbonyl (C=O) groups is 2. The summed E-state index contributed by atoms with van der Waals surface area (Å²) in [7, 11) is 0. The lowest BCUT2D eigenvalue weighted by Crippen LogP contribution is -2.41. The molecule has 1 heterocycles.